The highest BCUT2D eigenvalue weighted by atomic mass is 79.9. The number of benzene rings is 2. The molecule has 0 bridgehead atoms. The largest absolute Gasteiger partial charge is 0.493 e. The van der Waals surface area contributed by atoms with Crippen molar-refractivity contribution in [2.75, 3.05) is 6.61 Å². The molecule has 0 saturated heterocycles. The number of rotatable bonds is 3. The van der Waals surface area contributed by atoms with Crippen LogP contribution in [0.2, 0.25) is 10.0 Å². The second-order valence-corrected chi connectivity index (χ2v) is 6.87. The van der Waals surface area contributed by atoms with Gasteiger partial charge in [-0.3, -0.25) is 0 Å². The molecule has 0 fully saturated rings. The number of ether oxygens (including phenoxy) is 1. The van der Waals surface area contributed by atoms with Crippen molar-refractivity contribution in [1.29, 1.82) is 0 Å². The Kier molecular flexibility index (Phi) is 4.46. The average Bonchev–Trinajstić information content (AvgIpc) is 2.90. The summed E-state index contributed by atoms with van der Waals surface area (Å²) in [6.45, 7) is 0.737. The van der Waals surface area contributed by atoms with Gasteiger partial charge in [0.15, 0.2) is 0 Å². The summed E-state index contributed by atoms with van der Waals surface area (Å²) in [7, 11) is 0. The van der Waals surface area contributed by atoms with Crippen LogP contribution in [-0.2, 0) is 12.8 Å². The Hall–Kier alpha value is -0.740. The average molecular weight is 387 g/mol. The molecular formula is C16H14BrCl2NO. The van der Waals surface area contributed by atoms with Crippen LogP contribution in [0.5, 0.6) is 5.75 Å². The summed E-state index contributed by atoms with van der Waals surface area (Å²) < 4.78 is 6.80. The van der Waals surface area contributed by atoms with E-state index in [9.17, 15) is 0 Å². The van der Waals surface area contributed by atoms with Crippen molar-refractivity contribution in [2.24, 2.45) is 5.73 Å². The molecule has 21 heavy (non-hydrogen) atoms. The normalized spacial score (nSPS) is 14.7. The van der Waals surface area contributed by atoms with E-state index in [-0.39, 0.29) is 6.04 Å². The third kappa shape index (κ3) is 3.21. The predicted octanol–water partition coefficient (Wildman–Crippen LogP) is 4.93. The van der Waals surface area contributed by atoms with Crippen LogP contribution in [0, 0.1) is 0 Å². The van der Waals surface area contributed by atoms with Crippen LogP contribution in [-0.4, -0.2) is 6.61 Å². The first kappa shape index (κ1) is 15.2. The van der Waals surface area contributed by atoms with Gasteiger partial charge in [-0.25, -0.2) is 0 Å². The van der Waals surface area contributed by atoms with E-state index in [0.717, 1.165) is 34.4 Å². The topological polar surface area (TPSA) is 35.2 Å². The number of nitrogens with two attached hydrogens (primary N) is 1. The zero-order valence-electron chi connectivity index (χ0n) is 11.2. The number of hydrogen-bond acceptors (Lipinski definition) is 2. The van der Waals surface area contributed by atoms with E-state index in [4.69, 9.17) is 33.7 Å². The Bertz CT molecular complexity index is 690. The quantitative estimate of drug-likeness (QED) is 0.811. The summed E-state index contributed by atoms with van der Waals surface area (Å²) in [4.78, 5) is 0. The molecule has 1 unspecified atom stereocenters. The van der Waals surface area contributed by atoms with Gasteiger partial charge in [-0.15, -0.1) is 0 Å². The Morgan fingerprint density at radius 3 is 2.76 bits per heavy atom. The van der Waals surface area contributed by atoms with Crippen LogP contribution in [0.3, 0.4) is 0 Å². The molecule has 5 heteroatoms. The summed E-state index contributed by atoms with van der Waals surface area (Å²) in [6.07, 6.45) is 1.64. The van der Waals surface area contributed by atoms with E-state index in [2.05, 4.69) is 28.1 Å². The van der Waals surface area contributed by atoms with Crippen LogP contribution in [0.15, 0.2) is 34.8 Å². The minimum Gasteiger partial charge on any atom is -0.493 e. The monoisotopic (exact) mass is 385 g/mol. The molecule has 2 aromatic rings. The summed E-state index contributed by atoms with van der Waals surface area (Å²) in [5.74, 6) is 0.980. The van der Waals surface area contributed by atoms with Gasteiger partial charge in [0.25, 0.3) is 0 Å². The van der Waals surface area contributed by atoms with Crippen LogP contribution >= 0.6 is 39.1 Å². The molecule has 2 nitrogen and oxygen atoms in total. The fraction of sp³-hybridized carbons (Fsp3) is 0.250. The summed E-state index contributed by atoms with van der Waals surface area (Å²) in [6, 6.07) is 9.55. The molecule has 2 N–H and O–H groups in total. The van der Waals surface area contributed by atoms with E-state index in [1.165, 1.54) is 5.56 Å². The zero-order valence-corrected chi connectivity index (χ0v) is 14.3. The van der Waals surface area contributed by atoms with Crippen molar-refractivity contribution in [3.63, 3.8) is 0 Å². The maximum Gasteiger partial charge on any atom is 0.125 e. The number of fused-ring (bicyclic) bond motifs is 1. The minimum atomic E-state index is -0.151. The molecule has 1 aliphatic heterocycles. The molecule has 0 aromatic heterocycles. The van der Waals surface area contributed by atoms with Gasteiger partial charge in [-0.2, -0.15) is 0 Å². The predicted molar refractivity (Wildman–Crippen MR) is 90.4 cm³/mol. The Labute approximate surface area is 142 Å². The number of halogens is 3. The van der Waals surface area contributed by atoms with E-state index in [1.807, 2.05) is 12.1 Å². The van der Waals surface area contributed by atoms with Crippen molar-refractivity contribution in [3.8, 4) is 5.75 Å². The second-order valence-electron chi connectivity index (χ2n) is 5.14. The first-order valence-electron chi connectivity index (χ1n) is 6.69. The summed E-state index contributed by atoms with van der Waals surface area (Å²) in [5.41, 5.74) is 9.64. The lowest BCUT2D eigenvalue weighted by Gasteiger charge is -2.15. The van der Waals surface area contributed by atoms with Crippen molar-refractivity contribution in [1.82, 2.24) is 0 Å². The highest BCUT2D eigenvalue weighted by Gasteiger charge is 2.19. The fourth-order valence-electron chi connectivity index (χ4n) is 2.60. The minimum absolute atomic E-state index is 0.151. The SMILES string of the molecule is NC(Cc1cc(Br)cc2c1OCC2)c1ccc(Cl)c(Cl)c1. The Balaban J connectivity index is 1.88. The van der Waals surface area contributed by atoms with Crippen LogP contribution in [0.25, 0.3) is 0 Å². The van der Waals surface area contributed by atoms with Gasteiger partial charge in [-0.05, 0) is 47.4 Å². The Morgan fingerprint density at radius 1 is 1.19 bits per heavy atom. The molecular weight excluding hydrogens is 373 g/mol. The maximum absolute atomic E-state index is 6.32. The van der Waals surface area contributed by atoms with Crippen molar-refractivity contribution >= 4 is 39.1 Å². The smallest absolute Gasteiger partial charge is 0.125 e. The lowest BCUT2D eigenvalue weighted by molar-refractivity contribution is 0.352. The standard InChI is InChI=1S/C16H14BrCl2NO/c17-12-5-10-3-4-21-16(10)11(6-12)8-15(20)9-1-2-13(18)14(19)7-9/h1-2,5-7,15H,3-4,8,20H2. The lowest BCUT2D eigenvalue weighted by Crippen LogP contribution is -2.14. The van der Waals surface area contributed by atoms with Crippen LogP contribution in [0.4, 0.5) is 0 Å². The highest BCUT2D eigenvalue weighted by molar-refractivity contribution is 9.10. The highest BCUT2D eigenvalue weighted by Crippen LogP contribution is 2.35. The van der Waals surface area contributed by atoms with Crippen LogP contribution in [0.1, 0.15) is 22.7 Å². The molecule has 3 rings (SSSR count). The molecule has 1 atom stereocenters. The van der Waals surface area contributed by atoms with Crippen molar-refractivity contribution in [2.45, 2.75) is 18.9 Å². The number of hydrogen-bond donors (Lipinski definition) is 1. The van der Waals surface area contributed by atoms with Gasteiger partial charge in [0.05, 0.1) is 16.7 Å². The van der Waals surface area contributed by atoms with E-state index in [0.29, 0.717) is 16.5 Å². The molecule has 0 saturated carbocycles. The van der Waals surface area contributed by atoms with E-state index < -0.39 is 0 Å². The molecule has 1 heterocycles. The first-order valence-corrected chi connectivity index (χ1v) is 8.24. The van der Waals surface area contributed by atoms with Gasteiger partial charge >= 0.3 is 0 Å². The van der Waals surface area contributed by atoms with Crippen molar-refractivity contribution < 1.29 is 4.74 Å². The molecule has 0 amide bonds. The fourth-order valence-corrected chi connectivity index (χ4v) is 3.45. The molecule has 1 aliphatic rings. The van der Waals surface area contributed by atoms with Crippen molar-refractivity contribution in [3.05, 3.63) is 61.5 Å². The molecule has 2 aromatic carbocycles. The third-order valence-electron chi connectivity index (χ3n) is 3.64. The van der Waals surface area contributed by atoms with Gasteiger partial charge in [0.2, 0.25) is 0 Å². The van der Waals surface area contributed by atoms with E-state index in [1.54, 1.807) is 6.07 Å². The van der Waals surface area contributed by atoms with Gasteiger partial charge < -0.3 is 10.5 Å². The summed E-state index contributed by atoms with van der Waals surface area (Å²) in [5, 5.41) is 1.07. The first-order chi connectivity index (χ1) is 10.0. The lowest BCUT2D eigenvalue weighted by atomic mass is 9.97. The molecule has 0 spiro atoms. The Morgan fingerprint density at radius 2 is 2.00 bits per heavy atom. The van der Waals surface area contributed by atoms with Crippen LogP contribution < -0.4 is 10.5 Å². The molecule has 110 valence electrons. The maximum atomic E-state index is 6.32. The summed E-state index contributed by atoms with van der Waals surface area (Å²) >= 11 is 15.6. The second kappa shape index (κ2) is 6.17. The van der Waals surface area contributed by atoms with Gasteiger partial charge in [-0.1, -0.05) is 45.2 Å². The van der Waals surface area contributed by atoms with Gasteiger partial charge in [0.1, 0.15) is 5.75 Å². The zero-order chi connectivity index (χ0) is 15.0. The molecule has 0 aliphatic carbocycles. The van der Waals surface area contributed by atoms with E-state index >= 15 is 0 Å². The molecule has 0 radical (unpaired) electrons. The van der Waals surface area contributed by atoms with Gasteiger partial charge in [0, 0.05) is 16.9 Å². The third-order valence-corrected chi connectivity index (χ3v) is 4.83.